The van der Waals surface area contributed by atoms with Crippen molar-refractivity contribution in [3.8, 4) is 5.00 Å². The smallest absolute Gasteiger partial charge is 0.341 e. The fourth-order valence-electron chi connectivity index (χ4n) is 5.73. The average molecular weight is 575 g/mol. The van der Waals surface area contributed by atoms with Gasteiger partial charge in [-0.1, -0.05) is 30.3 Å². The van der Waals surface area contributed by atoms with Crippen LogP contribution in [-0.4, -0.2) is 34.6 Å². The maximum Gasteiger partial charge on any atom is 0.341 e. The molecule has 0 saturated carbocycles. The van der Waals surface area contributed by atoms with E-state index < -0.39 is 0 Å². The van der Waals surface area contributed by atoms with Crippen molar-refractivity contribution < 1.29 is 14.3 Å². The maximum absolute atomic E-state index is 13.2. The van der Waals surface area contributed by atoms with Gasteiger partial charge in [0.25, 0.3) is 0 Å². The predicted molar refractivity (Wildman–Crippen MR) is 161 cm³/mol. The van der Waals surface area contributed by atoms with E-state index >= 15 is 0 Å². The molecule has 4 heterocycles. The molecule has 0 fully saturated rings. The Morgan fingerprint density at radius 1 is 0.950 bits per heavy atom. The number of thiophene rings is 2. The third-order valence-electron chi connectivity index (χ3n) is 7.62. The Bertz CT molecular complexity index is 1490. The van der Waals surface area contributed by atoms with Gasteiger partial charge in [0.1, 0.15) is 10.0 Å². The van der Waals surface area contributed by atoms with Crippen molar-refractivity contribution in [2.45, 2.75) is 58.7 Å². The molecule has 3 aromatic heterocycles. The monoisotopic (exact) mass is 574 g/mol. The average Bonchev–Trinajstić information content (AvgIpc) is 3.69. The molecule has 4 aromatic rings. The third kappa shape index (κ3) is 5.59. The number of hydrogen-bond donors (Lipinski definition) is 2. The Morgan fingerprint density at radius 3 is 2.55 bits per heavy atom. The van der Waals surface area contributed by atoms with Gasteiger partial charge in [0.15, 0.2) is 0 Å². The number of nitrogens with zero attached hydrogens (tertiary/aromatic N) is 2. The number of rotatable bonds is 8. The fourth-order valence-corrected chi connectivity index (χ4v) is 8.38. The number of urea groups is 1. The van der Waals surface area contributed by atoms with Gasteiger partial charge in [-0.2, -0.15) is 0 Å². The molecule has 208 valence electrons. The highest BCUT2D eigenvalue weighted by molar-refractivity contribution is 7.17. The van der Waals surface area contributed by atoms with Gasteiger partial charge < -0.3 is 14.6 Å². The lowest BCUT2D eigenvalue weighted by atomic mass is 9.95. The van der Waals surface area contributed by atoms with Crippen LogP contribution < -0.4 is 10.6 Å². The first kappa shape index (κ1) is 26.8. The molecule has 1 aliphatic carbocycles. The highest BCUT2D eigenvalue weighted by Gasteiger charge is 2.28. The maximum atomic E-state index is 13.2. The van der Waals surface area contributed by atoms with Crippen LogP contribution in [0.25, 0.3) is 5.00 Å². The molecular weight excluding hydrogens is 541 g/mol. The number of aromatic nitrogens is 1. The minimum Gasteiger partial charge on any atom is -0.462 e. The van der Waals surface area contributed by atoms with E-state index in [1.807, 2.05) is 23.5 Å². The Morgan fingerprint density at radius 2 is 1.75 bits per heavy atom. The van der Waals surface area contributed by atoms with E-state index in [0.717, 1.165) is 62.3 Å². The van der Waals surface area contributed by atoms with E-state index in [1.54, 1.807) is 6.92 Å². The zero-order valence-corrected chi connectivity index (χ0v) is 24.3. The Hall–Kier alpha value is -3.40. The SMILES string of the molecule is CCOC(=O)c1c(NC(=O)NCc2c(-n3cccc3)sc3c2CCN(Cc2ccccc2)C3)sc2c1CCCC2. The number of esters is 1. The summed E-state index contributed by atoms with van der Waals surface area (Å²) in [6.07, 6.45) is 9.02. The lowest BCUT2D eigenvalue weighted by Crippen LogP contribution is -2.31. The molecule has 0 unspecified atom stereocenters. The number of anilines is 1. The molecule has 6 rings (SSSR count). The molecule has 2 N–H and O–H groups in total. The lowest BCUT2D eigenvalue weighted by molar-refractivity contribution is 0.0526. The van der Waals surface area contributed by atoms with Gasteiger partial charge in [0.2, 0.25) is 0 Å². The van der Waals surface area contributed by atoms with E-state index in [9.17, 15) is 9.59 Å². The summed E-state index contributed by atoms with van der Waals surface area (Å²) in [6, 6.07) is 14.4. The van der Waals surface area contributed by atoms with Crippen molar-refractivity contribution in [2.75, 3.05) is 18.5 Å². The molecule has 1 aromatic carbocycles. The van der Waals surface area contributed by atoms with Crippen LogP contribution in [0.5, 0.6) is 0 Å². The Labute approximate surface area is 242 Å². The molecule has 0 bridgehead atoms. The molecule has 0 atom stereocenters. The molecular formula is C31H34N4O3S2. The summed E-state index contributed by atoms with van der Waals surface area (Å²) in [6.45, 7) is 5.35. The van der Waals surface area contributed by atoms with Crippen LogP contribution in [0.4, 0.5) is 9.80 Å². The summed E-state index contributed by atoms with van der Waals surface area (Å²) in [7, 11) is 0. The molecule has 0 spiro atoms. The van der Waals surface area contributed by atoms with E-state index in [1.165, 1.54) is 37.8 Å². The number of carbonyl (C=O) groups excluding carboxylic acids is 2. The van der Waals surface area contributed by atoms with Crippen LogP contribution in [-0.2, 0) is 43.6 Å². The van der Waals surface area contributed by atoms with Crippen molar-refractivity contribution in [3.05, 3.63) is 92.4 Å². The molecule has 1 aliphatic heterocycles. The van der Waals surface area contributed by atoms with Crippen LogP contribution in [0.15, 0.2) is 54.9 Å². The summed E-state index contributed by atoms with van der Waals surface area (Å²) in [4.78, 5) is 31.0. The third-order valence-corrected chi connectivity index (χ3v) is 10.1. The number of benzene rings is 1. The number of carbonyl (C=O) groups is 2. The van der Waals surface area contributed by atoms with Crippen LogP contribution in [0.1, 0.15) is 62.1 Å². The standard InChI is InChI=1S/C31H34N4O3S2/c1-2-38-30(36)27-23-12-6-7-13-25(23)39-28(27)33-31(37)32-18-24-22-14-17-34(19-21-10-4-3-5-11-21)20-26(22)40-29(24)35-15-8-9-16-35/h3-5,8-11,15-16H,2,6-7,12-14,17-20H2,1H3,(H2,32,33,37). The number of hydrogen-bond acceptors (Lipinski definition) is 6. The second-order valence-corrected chi connectivity index (χ2v) is 12.5. The summed E-state index contributed by atoms with van der Waals surface area (Å²) >= 11 is 3.32. The van der Waals surface area contributed by atoms with E-state index in [0.29, 0.717) is 23.7 Å². The minimum absolute atomic E-state index is 0.302. The Kier molecular flexibility index (Phi) is 8.04. The van der Waals surface area contributed by atoms with Gasteiger partial charge in [0.05, 0.1) is 12.2 Å². The van der Waals surface area contributed by atoms with Gasteiger partial charge in [-0.25, -0.2) is 9.59 Å². The van der Waals surface area contributed by atoms with Crippen molar-refractivity contribution in [3.63, 3.8) is 0 Å². The van der Waals surface area contributed by atoms with Crippen LogP contribution in [0.2, 0.25) is 0 Å². The van der Waals surface area contributed by atoms with Crippen molar-refractivity contribution in [1.29, 1.82) is 0 Å². The van der Waals surface area contributed by atoms with Gasteiger partial charge in [-0.15, -0.1) is 22.7 Å². The quantitative estimate of drug-likeness (QED) is 0.235. The second-order valence-electron chi connectivity index (χ2n) is 10.3. The van der Waals surface area contributed by atoms with Crippen molar-refractivity contribution in [1.82, 2.24) is 14.8 Å². The molecule has 7 nitrogen and oxygen atoms in total. The van der Waals surface area contributed by atoms with Crippen molar-refractivity contribution in [2.24, 2.45) is 0 Å². The molecule has 40 heavy (non-hydrogen) atoms. The zero-order valence-electron chi connectivity index (χ0n) is 22.7. The van der Waals surface area contributed by atoms with Crippen LogP contribution in [0.3, 0.4) is 0 Å². The summed E-state index contributed by atoms with van der Waals surface area (Å²) < 4.78 is 7.49. The minimum atomic E-state index is -0.348. The van der Waals surface area contributed by atoms with Crippen molar-refractivity contribution >= 4 is 39.7 Å². The number of amides is 2. The van der Waals surface area contributed by atoms with E-state index in [2.05, 4.69) is 62.8 Å². The number of fused-ring (bicyclic) bond motifs is 2. The van der Waals surface area contributed by atoms with Gasteiger partial charge in [-0.3, -0.25) is 10.2 Å². The number of nitrogens with one attached hydrogen (secondary N) is 2. The molecule has 9 heteroatoms. The molecule has 2 aliphatic rings. The fraction of sp³-hybridized carbons (Fsp3) is 0.355. The highest BCUT2D eigenvalue weighted by Crippen LogP contribution is 2.39. The largest absolute Gasteiger partial charge is 0.462 e. The Balaban J connectivity index is 1.20. The first-order valence-electron chi connectivity index (χ1n) is 14.0. The first-order valence-corrected chi connectivity index (χ1v) is 15.6. The zero-order chi connectivity index (χ0) is 27.5. The van der Waals surface area contributed by atoms with E-state index in [4.69, 9.17) is 4.74 Å². The highest BCUT2D eigenvalue weighted by atomic mass is 32.1. The molecule has 2 amide bonds. The summed E-state index contributed by atoms with van der Waals surface area (Å²) in [5, 5.41) is 7.84. The number of ether oxygens (including phenoxy) is 1. The van der Waals surface area contributed by atoms with Crippen LogP contribution >= 0.6 is 22.7 Å². The summed E-state index contributed by atoms with van der Waals surface area (Å²) in [5.41, 5.74) is 5.42. The van der Waals surface area contributed by atoms with Crippen LogP contribution in [0, 0.1) is 0 Å². The normalized spacial score (nSPS) is 14.8. The number of aryl methyl sites for hydroxylation is 1. The summed E-state index contributed by atoms with van der Waals surface area (Å²) in [5.74, 6) is -0.348. The topological polar surface area (TPSA) is 75.6 Å². The molecule has 0 radical (unpaired) electrons. The van der Waals surface area contributed by atoms with Gasteiger partial charge >= 0.3 is 12.0 Å². The van der Waals surface area contributed by atoms with E-state index in [-0.39, 0.29) is 12.0 Å². The van der Waals surface area contributed by atoms with Gasteiger partial charge in [-0.05, 0) is 67.9 Å². The lowest BCUT2D eigenvalue weighted by Gasteiger charge is -2.27. The molecule has 0 saturated heterocycles. The second kappa shape index (κ2) is 12.0. The predicted octanol–water partition coefficient (Wildman–Crippen LogP) is 6.54. The first-order chi connectivity index (χ1) is 19.6. The van der Waals surface area contributed by atoms with Gasteiger partial charge in [0, 0.05) is 53.9 Å².